The Morgan fingerprint density at radius 3 is 1.47 bits per heavy atom. The zero-order valence-electron chi connectivity index (χ0n) is 12.3. The fraction of sp³-hybridized carbons (Fsp3) is 0.867. The van der Waals surface area contributed by atoms with Gasteiger partial charge < -0.3 is 0 Å². The molecule has 0 nitrogen and oxygen atoms in total. The van der Waals surface area contributed by atoms with Gasteiger partial charge in [0.05, 0.1) is 0 Å². The molecule has 0 amide bonds. The van der Waals surface area contributed by atoms with Crippen molar-refractivity contribution < 1.29 is 0 Å². The van der Waals surface area contributed by atoms with Crippen LogP contribution in [0.25, 0.3) is 0 Å². The summed E-state index contributed by atoms with van der Waals surface area (Å²) in [6.07, 6.45) is 8.19. The Morgan fingerprint density at radius 1 is 0.800 bits per heavy atom. The van der Waals surface area contributed by atoms with Crippen molar-refractivity contribution in [3.8, 4) is 0 Å². The predicted molar refractivity (Wildman–Crippen MR) is 73.2 cm³/mol. The van der Waals surface area contributed by atoms with Crippen LogP contribution in [0, 0.1) is 10.8 Å². The maximum absolute atomic E-state index is 2.31. The lowest BCUT2D eigenvalue weighted by atomic mass is 9.86. The van der Waals surface area contributed by atoms with Gasteiger partial charge in [-0.3, -0.25) is 0 Å². The van der Waals surface area contributed by atoms with E-state index in [4.69, 9.17) is 0 Å². The van der Waals surface area contributed by atoms with E-state index in [-0.39, 0.29) is 0 Å². The quantitative estimate of drug-likeness (QED) is 0.514. The molecule has 0 saturated carbocycles. The van der Waals surface area contributed by atoms with Gasteiger partial charge in [0.2, 0.25) is 0 Å². The summed E-state index contributed by atoms with van der Waals surface area (Å²) in [4.78, 5) is 0. The van der Waals surface area contributed by atoms with E-state index in [1.165, 1.54) is 19.3 Å². The Kier molecular flexibility index (Phi) is 9.10. The van der Waals surface area contributed by atoms with Gasteiger partial charge in [-0.1, -0.05) is 74.0 Å². The third kappa shape index (κ3) is 24.8. The molecule has 0 bridgehead atoms. The lowest BCUT2D eigenvalue weighted by Crippen LogP contribution is -2.06. The molecule has 0 aromatic heterocycles. The third-order valence-corrected chi connectivity index (χ3v) is 2.03. The highest BCUT2D eigenvalue weighted by atomic mass is 14.2. The number of hydrogen-bond acceptors (Lipinski definition) is 0. The summed E-state index contributed by atoms with van der Waals surface area (Å²) in [5.41, 5.74) is 1.01. The third-order valence-electron chi connectivity index (χ3n) is 2.03. The van der Waals surface area contributed by atoms with Crippen LogP contribution in [0.15, 0.2) is 12.2 Å². The van der Waals surface area contributed by atoms with Crippen molar-refractivity contribution in [3.05, 3.63) is 12.2 Å². The van der Waals surface area contributed by atoms with Gasteiger partial charge in [0.1, 0.15) is 0 Å². The molecule has 0 fully saturated rings. The Hall–Kier alpha value is -0.260. The standard InChI is InChI=1S/C10H20.C5H12/c1-5-7-8-9-10(3,4)6-2;1-5(2,3)4/h7-8H,5-6,9H2,1-4H3;1-4H3. The summed E-state index contributed by atoms with van der Waals surface area (Å²) in [5, 5.41) is 0. The van der Waals surface area contributed by atoms with Gasteiger partial charge in [-0.05, 0) is 23.7 Å². The van der Waals surface area contributed by atoms with Crippen molar-refractivity contribution in [1.29, 1.82) is 0 Å². The van der Waals surface area contributed by atoms with Gasteiger partial charge in [-0.2, -0.15) is 0 Å². The Morgan fingerprint density at radius 2 is 1.20 bits per heavy atom. The second kappa shape index (κ2) is 7.96. The summed E-state index contributed by atoms with van der Waals surface area (Å²) in [7, 11) is 0. The molecule has 0 aliphatic rings. The summed E-state index contributed by atoms with van der Waals surface area (Å²) < 4.78 is 0. The molecule has 0 heterocycles. The van der Waals surface area contributed by atoms with Crippen LogP contribution in [0.2, 0.25) is 0 Å². The first-order chi connectivity index (χ1) is 6.62. The minimum Gasteiger partial charge on any atom is -0.0888 e. The number of hydrogen-bond donors (Lipinski definition) is 0. The van der Waals surface area contributed by atoms with Crippen LogP contribution in [0.1, 0.15) is 74.7 Å². The molecule has 0 spiro atoms. The van der Waals surface area contributed by atoms with E-state index < -0.39 is 0 Å². The Bertz CT molecular complexity index is 149. The molecule has 0 aromatic rings. The van der Waals surface area contributed by atoms with Gasteiger partial charge in [0, 0.05) is 0 Å². The van der Waals surface area contributed by atoms with Crippen LogP contribution in [0.4, 0.5) is 0 Å². The van der Waals surface area contributed by atoms with Crippen molar-refractivity contribution in [2.24, 2.45) is 10.8 Å². The van der Waals surface area contributed by atoms with Gasteiger partial charge in [-0.15, -0.1) is 0 Å². The lowest BCUT2D eigenvalue weighted by molar-refractivity contribution is 0.356. The fourth-order valence-electron chi connectivity index (χ4n) is 0.713. The minimum atomic E-state index is 0.500. The maximum Gasteiger partial charge on any atom is -0.0299 e. The van der Waals surface area contributed by atoms with Crippen molar-refractivity contribution >= 4 is 0 Å². The van der Waals surface area contributed by atoms with Crippen LogP contribution in [-0.2, 0) is 0 Å². The Balaban J connectivity index is 0. The first-order valence-electron chi connectivity index (χ1n) is 6.27. The summed E-state index contributed by atoms with van der Waals surface area (Å²) >= 11 is 0. The zero-order valence-corrected chi connectivity index (χ0v) is 12.3. The van der Waals surface area contributed by atoms with Gasteiger partial charge in [0.15, 0.2) is 0 Å². The first-order valence-corrected chi connectivity index (χ1v) is 6.27. The van der Waals surface area contributed by atoms with Gasteiger partial charge >= 0.3 is 0 Å². The molecule has 0 aliphatic carbocycles. The summed E-state index contributed by atoms with van der Waals surface area (Å²) in [6, 6.07) is 0. The molecular weight excluding hydrogens is 180 g/mol. The minimum absolute atomic E-state index is 0.500. The fourth-order valence-corrected chi connectivity index (χ4v) is 0.713. The molecule has 0 rings (SSSR count). The average molecular weight is 212 g/mol. The summed E-state index contributed by atoms with van der Waals surface area (Å²) in [6.45, 7) is 17.8. The van der Waals surface area contributed by atoms with Gasteiger partial charge in [-0.25, -0.2) is 0 Å². The first kappa shape index (κ1) is 17.1. The second-order valence-electron chi connectivity index (χ2n) is 6.60. The van der Waals surface area contributed by atoms with E-state index in [1.807, 2.05) is 0 Å². The van der Waals surface area contributed by atoms with Crippen molar-refractivity contribution in [1.82, 2.24) is 0 Å². The largest absolute Gasteiger partial charge is 0.0888 e. The van der Waals surface area contributed by atoms with Crippen LogP contribution in [0.3, 0.4) is 0 Å². The molecule has 0 saturated heterocycles. The lowest BCUT2D eigenvalue weighted by Gasteiger charge is -2.19. The highest BCUT2D eigenvalue weighted by Crippen LogP contribution is 2.24. The Labute approximate surface area is 98.2 Å². The van der Waals surface area contributed by atoms with Crippen molar-refractivity contribution in [2.45, 2.75) is 74.7 Å². The maximum atomic E-state index is 2.31. The van der Waals surface area contributed by atoms with Gasteiger partial charge in [0.25, 0.3) is 0 Å². The molecule has 0 heteroatoms. The van der Waals surface area contributed by atoms with Crippen LogP contribution >= 0.6 is 0 Å². The average Bonchev–Trinajstić information content (AvgIpc) is 2.02. The molecule has 92 valence electrons. The van der Waals surface area contributed by atoms with E-state index in [2.05, 4.69) is 67.5 Å². The smallest absolute Gasteiger partial charge is 0.0299 e. The van der Waals surface area contributed by atoms with E-state index in [0.717, 1.165) is 0 Å². The molecule has 0 radical (unpaired) electrons. The zero-order chi connectivity index (χ0) is 12.5. The molecule has 0 aliphatic heterocycles. The van der Waals surface area contributed by atoms with Crippen molar-refractivity contribution in [3.63, 3.8) is 0 Å². The number of allylic oxidation sites excluding steroid dienone is 2. The summed E-state index contributed by atoms with van der Waals surface area (Å²) in [5.74, 6) is 0. The normalized spacial score (nSPS) is 12.5. The molecular formula is C15H32. The van der Waals surface area contributed by atoms with E-state index >= 15 is 0 Å². The van der Waals surface area contributed by atoms with E-state index in [0.29, 0.717) is 10.8 Å². The van der Waals surface area contributed by atoms with Crippen molar-refractivity contribution in [2.75, 3.05) is 0 Å². The predicted octanol–water partition coefficient (Wildman–Crippen LogP) is 5.83. The topological polar surface area (TPSA) is 0 Å². The second-order valence-corrected chi connectivity index (χ2v) is 6.60. The van der Waals surface area contributed by atoms with E-state index in [9.17, 15) is 0 Å². The number of rotatable bonds is 4. The monoisotopic (exact) mass is 212 g/mol. The highest BCUT2D eigenvalue weighted by molar-refractivity contribution is 4.85. The van der Waals surface area contributed by atoms with E-state index in [1.54, 1.807) is 0 Å². The molecule has 0 atom stereocenters. The molecule has 0 aromatic carbocycles. The highest BCUT2D eigenvalue weighted by Gasteiger charge is 2.11. The molecule has 0 N–H and O–H groups in total. The van der Waals surface area contributed by atoms with Crippen LogP contribution in [-0.4, -0.2) is 0 Å². The SMILES string of the molecule is CC(C)(C)C.CCC=CCC(C)(C)CC. The van der Waals surface area contributed by atoms with Crippen LogP contribution < -0.4 is 0 Å². The molecule has 0 unspecified atom stereocenters. The van der Waals surface area contributed by atoms with Crippen LogP contribution in [0.5, 0.6) is 0 Å². The molecule has 15 heavy (non-hydrogen) atoms.